The number of para-hydroxylation sites is 1. The molecule has 0 spiro atoms. The molecule has 0 saturated carbocycles. The Balaban J connectivity index is 1.56. The van der Waals surface area contributed by atoms with Crippen LogP contribution in [-0.2, 0) is 0 Å². The van der Waals surface area contributed by atoms with Gasteiger partial charge < -0.3 is 4.74 Å². The van der Waals surface area contributed by atoms with Crippen molar-refractivity contribution in [3.63, 3.8) is 0 Å². The highest BCUT2D eigenvalue weighted by Gasteiger charge is 2.46. The van der Waals surface area contributed by atoms with Crippen LogP contribution in [0.4, 0.5) is 0 Å². The van der Waals surface area contributed by atoms with Crippen LogP contribution in [0.15, 0.2) is 89.9 Å². The fourth-order valence-electron chi connectivity index (χ4n) is 5.52. The first-order valence-electron chi connectivity index (χ1n) is 11.4. The minimum Gasteiger partial charge on any atom is -0.496 e. The number of ether oxygens (including phenoxy) is 1. The van der Waals surface area contributed by atoms with Gasteiger partial charge in [0.1, 0.15) is 5.75 Å². The van der Waals surface area contributed by atoms with Gasteiger partial charge in [0.2, 0.25) is 0 Å². The van der Waals surface area contributed by atoms with Gasteiger partial charge in [0, 0.05) is 23.7 Å². The highest BCUT2D eigenvalue weighted by atomic mass is 16.5. The quantitative estimate of drug-likeness (QED) is 0.508. The first-order valence-corrected chi connectivity index (χ1v) is 11.4. The van der Waals surface area contributed by atoms with E-state index in [1.54, 1.807) is 7.11 Å². The van der Waals surface area contributed by atoms with Gasteiger partial charge in [-0.1, -0.05) is 72.8 Å². The van der Waals surface area contributed by atoms with E-state index in [0.717, 1.165) is 11.3 Å². The summed E-state index contributed by atoms with van der Waals surface area (Å²) in [4.78, 5) is 7.94. The van der Waals surface area contributed by atoms with Crippen LogP contribution in [-0.4, -0.2) is 43.4 Å². The molecule has 3 nitrogen and oxygen atoms in total. The summed E-state index contributed by atoms with van der Waals surface area (Å²) < 4.78 is 5.56. The van der Waals surface area contributed by atoms with E-state index in [9.17, 15) is 0 Å². The Morgan fingerprint density at radius 2 is 1.42 bits per heavy atom. The summed E-state index contributed by atoms with van der Waals surface area (Å²) in [5.41, 5.74) is 3.81. The lowest BCUT2D eigenvalue weighted by molar-refractivity contribution is 0.0215. The maximum atomic E-state index is 5.56. The molecule has 3 aromatic carbocycles. The van der Waals surface area contributed by atoms with Crippen LogP contribution in [0.1, 0.15) is 35.4 Å². The standard InChI is InChI=1S/C28H30N2O/c1-31-25-15-9-8-14-24(25)20-29-27-23-16-18-30(19-17-23)28(27)26(21-10-4-2-5-11-21)22-12-6-3-7-13-22/h2-15,20,23,26-28H,16-19H2,1H3/b29-20+/t27-,28+/m1/s1. The third-order valence-corrected chi connectivity index (χ3v) is 7.01. The molecule has 6 rings (SSSR count). The van der Waals surface area contributed by atoms with E-state index in [2.05, 4.69) is 77.7 Å². The van der Waals surface area contributed by atoms with Gasteiger partial charge in [0.15, 0.2) is 0 Å². The van der Waals surface area contributed by atoms with Crippen molar-refractivity contribution < 1.29 is 4.74 Å². The molecular weight excluding hydrogens is 380 g/mol. The molecule has 0 amide bonds. The lowest BCUT2D eigenvalue weighted by atomic mass is 9.71. The Bertz CT molecular complexity index is 970. The highest BCUT2D eigenvalue weighted by Crippen LogP contribution is 2.43. The van der Waals surface area contributed by atoms with Gasteiger partial charge in [0.25, 0.3) is 0 Å². The van der Waals surface area contributed by atoms with Crippen LogP contribution in [0, 0.1) is 5.92 Å². The average molecular weight is 411 g/mol. The summed E-state index contributed by atoms with van der Waals surface area (Å²) >= 11 is 0. The van der Waals surface area contributed by atoms with Crippen molar-refractivity contribution in [1.82, 2.24) is 4.90 Å². The molecule has 0 aromatic heterocycles. The zero-order chi connectivity index (χ0) is 21.0. The van der Waals surface area contributed by atoms with E-state index >= 15 is 0 Å². The number of rotatable bonds is 6. The summed E-state index contributed by atoms with van der Waals surface area (Å²) in [5, 5.41) is 0. The lowest BCUT2D eigenvalue weighted by Gasteiger charge is -2.52. The highest BCUT2D eigenvalue weighted by molar-refractivity contribution is 5.83. The molecule has 158 valence electrons. The van der Waals surface area contributed by atoms with E-state index in [1.165, 1.54) is 37.1 Å². The number of methoxy groups -OCH3 is 1. The summed E-state index contributed by atoms with van der Waals surface area (Å²) in [6, 6.07) is 30.8. The minimum atomic E-state index is 0.276. The molecule has 2 atom stereocenters. The molecule has 0 radical (unpaired) electrons. The summed E-state index contributed by atoms with van der Waals surface area (Å²) in [6.45, 7) is 2.35. The fourth-order valence-corrected chi connectivity index (χ4v) is 5.52. The van der Waals surface area contributed by atoms with Gasteiger partial charge in [-0.15, -0.1) is 0 Å². The van der Waals surface area contributed by atoms with E-state index < -0.39 is 0 Å². The van der Waals surface area contributed by atoms with Crippen molar-refractivity contribution >= 4 is 6.21 Å². The number of fused-ring (bicyclic) bond motifs is 3. The molecule has 2 bridgehead atoms. The third-order valence-electron chi connectivity index (χ3n) is 7.01. The predicted octanol–water partition coefficient (Wildman–Crippen LogP) is 5.41. The third kappa shape index (κ3) is 4.03. The molecule has 3 heterocycles. The van der Waals surface area contributed by atoms with Gasteiger partial charge in [-0.05, 0) is 55.1 Å². The Morgan fingerprint density at radius 1 is 0.839 bits per heavy atom. The molecule has 0 unspecified atom stereocenters. The Hall–Kier alpha value is -2.91. The zero-order valence-corrected chi connectivity index (χ0v) is 18.1. The smallest absolute Gasteiger partial charge is 0.127 e. The molecule has 3 saturated heterocycles. The number of aliphatic imine (C=N–C) groups is 1. The zero-order valence-electron chi connectivity index (χ0n) is 18.1. The maximum absolute atomic E-state index is 5.56. The van der Waals surface area contributed by atoms with Gasteiger partial charge in [-0.3, -0.25) is 9.89 Å². The van der Waals surface area contributed by atoms with Crippen molar-refractivity contribution in [2.24, 2.45) is 10.9 Å². The van der Waals surface area contributed by atoms with E-state index in [1.807, 2.05) is 18.3 Å². The number of piperidine rings is 3. The number of nitrogens with zero attached hydrogens (tertiary/aromatic N) is 2. The normalized spacial score (nSPS) is 25.2. The van der Waals surface area contributed by atoms with Crippen LogP contribution >= 0.6 is 0 Å². The number of benzene rings is 3. The van der Waals surface area contributed by atoms with Gasteiger partial charge >= 0.3 is 0 Å². The largest absolute Gasteiger partial charge is 0.496 e. The second-order valence-electron chi connectivity index (χ2n) is 8.67. The van der Waals surface area contributed by atoms with Gasteiger partial charge in [-0.2, -0.15) is 0 Å². The number of hydrogen-bond acceptors (Lipinski definition) is 3. The monoisotopic (exact) mass is 410 g/mol. The Morgan fingerprint density at radius 3 is 2.03 bits per heavy atom. The SMILES string of the molecule is COc1ccccc1/C=N/[C@@H]1C2CCN(CC2)[C@H]1C(c1ccccc1)c1ccccc1. The molecule has 0 aliphatic carbocycles. The van der Waals surface area contributed by atoms with Crippen molar-refractivity contribution in [1.29, 1.82) is 0 Å². The predicted molar refractivity (Wildman–Crippen MR) is 127 cm³/mol. The van der Waals surface area contributed by atoms with Crippen molar-refractivity contribution in [3.8, 4) is 5.75 Å². The molecule has 3 heteroatoms. The first kappa shape index (κ1) is 20.0. The second-order valence-corrected chi connectivity index (χ2v) is 8.67. The van der Waals surface area contributed by atoms with Crippen LogP contribution in [0.5, 0.6) is 5.75 Å². The summed E-state index contributed by atoms with van der Waals surface area (Å²) in [6.07, 6.45) is 4.52. The maximum Gasteiger partial charge on any atom is 0.127 e. The van der Waals surface area contributed by atoms with E-state index in [0.29, 0.717) is 17.9 Å². The average Bonchev–Trinajstić information content (AvgIpc) is 2.85. The molecule has 31 heavy (non-hydrogen) atoms. The lowest BCUT2D eigenvalue weighted by Crippen LogP contribution is -2.59. The Kier molecular flexibility index (Phi) is 5.86. The van der Waals surface area contributed by atoms with Crippen molar-refractivity contribution in [3.05, 3.63) is 102 Å². The van der Waals surface area contributed by atoms with Gasteiger partial charge in [0.05, 0.1) is 13.2 Å². The molecule has 3 fully saturated rings. The fraction of sp³-hybridized carbons (Fsp3) is 0.321. The van der Waals surface area contributed by atoms with Crippen LogP contribution < -0.4 is 4.74 Å². The Labute approximate surface area is 185 Å². The molecule has 3 aromatic rings. The summed E-state index contributed by atoms with van der Waals surface area (Å²) in [7, 11) is 1.73. The first-order chi connectivity index (χ1) is 15.3. The molecule has 3 aliphatic rings. The van der Waals surface area contributed by atoms with Crippen LogP contribution in [0.2, 0.25) is 0 Å². The van der Waals surface area contributed by atoms with E-state index in [4.69, 9.17) is 9.73 Å². The van der Waals surface area contributed by atoms with Crippen LogP contribution in [0.3, 0.4) is 0 Å². The van der Waals surface area contributed by atoms with Crippen molar-refractivity contribution in [2.75, 3.05) is 20.2 Å². The molecule has 3 aliphatic heterocycles. The van der Waals surface area contributed by atoms with E-state index in [-0.39, 0.29) is 6.04 Å². The second kappa shape index (κ2) is 9.07. The minimum absolute atomic E-state index is 0.276. The topological polar surface area (TPSA) is 24.8 Å². The van der Waals surface area contributed by atoms with Crippen LogP contribution in [0.25, 0.3) is 0 Å². The molecule has 0 N–H and O–H groups in total. The van der Waals surface area contributed by atoms with Crippen molar-refractivity contribution in [2.45, 2.75) is 30.8 Å². The van der Waals surface area contributed by atoms with Gasteiger partial charge in [-0.25, -0.2) is 0 Å². The number of hydrogen-bond donors (Lipinski definition) is 0. The summed E-state index contributed by atoms with van der Waals surface area (Å²) in [5.74, 6) is 1.83. The molecular formula is C28H30N2O.